The third-order valence-electron chi connectivity index (χ3n) is 3.60. The first-order valence-corrected chi connectivity index (χ1v) is 7.46. The van der Waals surface area contributed by atoms with E-state index in [9.17, 15) is 0 Å². The van der Waals surface area contributed by atoms with Gasteiger partial charge in [-0.3, -0.25) is 0 Å². The number of nitrogens with two attached hydrogens (primary N) is 1. The van der Waals surface area contributed by atoms with E-state index in [0.29, 0.717) is 11.9 Å². The molecule has 0 spiro atoms. The lowest BCUT2D eigenvalue weighted by atomic mass is 9.93. The average molecular weight is 293 g/mol. The zero-order valence-electron chi connectivity index (χ0n) is 13.5. The maximum absolute atomic E-state index is 5.84. The molecular formula is C15H27N5O. The van der Waals surface area contributed by atoms with Crippen LogP contribution >= 0.6 is 0 Å². The molecule has 1 fully saturated rings. The molecule has 2 rings (SSSR count). The van der Waals surface area contributed by atoms with Gasteiger partial charge in [-0.2, -0.15) is 4.98 Å². The molecule has 3 N–H and O–H groups in total. The average Bonchev–Trinajstić information content (AvgIpc) is 2.88. The van der Waals surface area contributed by atoms with Crippen molar-refractivity contribution in [2.45, 2.75) is 26.2 Å². The number of nitrogens with one attached hydrogen (secondary N) is 1. The minimum atomic E-state index is 0.153. The number of hydrogen-bond acceptors (Lipinski definition) is 6. The summed E-state index contributed by atoms with van der Waals surface area (Å²) in [5.74, 6) is 1.47. The third kappa shape index (κ3) is 4.82. The van der Waals surface area contributed by atoms with Crippen LogP contribution in [0.5, 0.6) is 0 Å². The zero-order valence-corrected chi connectivity index (χ0v) is 13.5. The van der Waals surface area contributed by atoms with Gasteiger partial charge in [0.25, 0.3) is 0 Å². The molecule has 0 saturated carbocycles. The Balaban J connectivity index is 2.02. The van der Waals surface area contributed by atoms with Crippen LogP contribution in [0.15, 0.2) is 6.07 Å². The van der Waals surface area contributed by atoms with Crippen molar-refractivity contribution in [3.8, 4) is 0 Å². The van der Waals surface area contributed by atoms with E-state index in [2.05, 4.69) is 48.1 Å². The van der Waals surface area contributed by atoms with Crippen LogP contribution in [0, 0.1) is 5.41 Å². The van der Waals surface area contributed by atoms with E-state index in [0.717, 1.165) is 44.2 Å². The number of nitrogen functional groups attached to an aromatic ring is 1. The summed E-state index contributed by atoms with van der Waals surface area (Å²) >= 11 is 0. The van der Waals surface area contributed by atoms with Gasteiger partial charge in [-0.1, -0.05) is 13.8 Å². The number of aromatic nitrogens is 2. The highest BCUT2D eigenvalue weighted by atomic mass is 16.5. The predicted octanol–water partition coefficient (Wildman–Crippen LogP) is 1.56. The SMILES string of the molecule is CN(C)CC(C)(C)CNc1cc(C2CCOC2)nc(N)n1. The Labute approximate surface area is 127 Å². The highest BCUT2D eigenvalue weighted by Crippen LogP contribution is 2.26. The standard InChI is InChI=1S/C15H27N5O/c1-15(2,10-20(3)4)9-17-13-7-12(18-14(16)19-13)11-5-6-21-8-11/h7,11H,5-6,8-10H2,1-4H3,(H3,16,17,18,19). The summed E-state index contributed by atoms with van der Waals surface area (Å²) in [6, 6.07) is 2.00. The fourth-order valence-electron chi connectivity index (χ4n) is 2.79. The molecule has 21 heavy (non-hydrogen) atoms. The van der Waals surface area contributed by atoms with Crippen LogP contribution in [0.25, 0.3) is 0 Å². The van der Waals surface area contributed by atoms with Crippen LogP contribution in [0.2, 0.25) is 0 Å². The molecule has 0 bridgehead atoms. The smallest absolute Gasteiger partial charge is 0.222 e. The van der Waals surface area contributed by atoms with Crippen LogP contribution in [0.4, 0.5) is 11.8 Å². The summed E-state index contributed by atoms with van der Waals surface area (Å²) in [7, 11) is 4.17. The Hall–Kier alpha value is -1.40. The first-order chi connectivity index (χ1) is 9.85. The van der Waals surface area contributed by atoms with Gasteiger partial charge in [0.2, 0.25) is 5.95 Å². The molecule has 1 aliphatic rings. The van der Waals surface area contributed by atoms with Crippen LogP contribution in [-0.4, -0.2) is 55.3 Å². The van der Waals surface area contributed by atoms with Gasteiger partial charge in [-0.05, 0) is 25.9 Å². The Morgan fingerprint density at radius 2 is 2.19 bits per heavy atom. The molecule has 1 unspecified atom stereocenters. The lowest BCUT2D eigenvalue weighted by Gasteiger charge is -2.28. The summed E-state index contributed by atoms with van der Waals surface area (Å²) in [5.41, 5.74) is 6.97. The maximum atomic E-state index is 5.84. The number of hydrogen-bond donors (Lipinski definition) is 2. The molecule has 0 aliphatic carbocycles. The number of anilines is 2. The fourth-order valence-corrected chi connectivity index (χ4v) is 2.79. The molecule has 0 radical (unpaired) electrons. The van der Waals surface area contributed by atoms with Crippen LogP contribution in [-0.2, 0) is 4.74 Å². The van der Waals surface area contributed by atoms with Gasteiger partial charge in [0.05, 0.1) is 12.3 Å². The minimum absolute atomic E-state index is 0.153. The zero-order chi connectivity index (χ0) is 15.5. The van der Waals surface area contributed by atoms with Crippen molar-refractivity contribution >= 4 is 11.8 Å². The topological polar surface area (TPSA) is 76.3 Å². The highest BCUT2D eigenvalue weighted by molar-refractivity contribution is 5.41. The molecule has 118 valence electrons. The Bertz CT molecular complexity index is 469. The monoisotopic (exact) mass is 293 g/mol. The van der Waals surface area contributed by atoms with Gasteiger partial charge >= 0.3 is 0 Å². The van der Waals surface area contributed by atoms with Crippen LogP contribution < -0.4 is 11.1 Å². The largest absolute Gasteiger partial charge is 0.381 e. The Kier molecular flexibility index (Phi) is 5.00. The predicted molar refractivity (Wildman–Crippen MR) is 85.4 cm³/mol. The Morgan fingerprint density at radius 1 is 1.43 bits per heavy atom. The van der Waals surface area contributed by atoms with Crippen molar-refractivity contribution < 1.29 is 4.74 Å². The molecule has 0 aromatic carbocycles. The lowest BCUT2D eigenvalue weighted by molar-refractivity contribution is 0.193. The lowest BCUT2D eigenvalue weighted by Crippen LogP contribution is -2.34. The van der Waals surface area contributed by atoms with Gasteiger partial charge < -0.3 is 20.7 Å². The van der Waals surface area contributed by atoms with E-state index < -0.39 is 0 Å². The molecule has 1 aromatic rings. The molecule has 0 amide bonds. The van der Waals surface area contributed by atoms with Crippen LogP contribution in [0.3, 0.4) is 0 Å². The minimum Gasteiger partial charge on any atom is -0.381 e. The molecule has 6 heteroatoms. The summed E-state index contributed by atoms with van der Waals surface area (Å²) in [4.78, 5) is 10.8. The van der Waals surface area contributed by atoms with E-state index in [-0.39, 0.29) is 5.41 Å². The van der Waals surface area contributed by atoms with Crippen LogP contribution in [0.1, 0.15) is 31.9 Å². The van der Waals surface area contributed by atoms with E-state index in [1.165, 1.54) is 0 Å². The first kappa shape index (κ1) is 16.0. The third-order valence-corrected chi connectivity index (χ3v) is 3.60. The van der Waals surface area contributed by atoms with Gasteiger partial charge in [0, 0.05) is 31.7 Å². The second-order valence-corrected chi connectivity index (χ2v) is 6.85. The maximum Gasteiger partial charge on any atom is 0.222 e. The molecule has 1 aliphatic heterocycles. The summed E-state index contributed by atoms with van der Waals surface area (Å²) in [6.07, 6.45) is 1.00. The second kappa shape index (κ2) is 6.58. The summed E-state index contributed by atoms with van der Waals surface area (Å²) in [6.45, 7) is 7.83. The number of nitrogens with zero attached hydrogens (tertiary/aromatic N) is 3. The normalized spacial score (nSPS) is 19.2. The van der Waals surface area contributed by atoms with Crippen molar-refractivity contribution in [2.75, 3.05) is 51.4 Å². The second-order valence-electron chi connectivity index (χ2n) is 6.85. The van der Waals surface area contributed by atoms with Gasteiger partial charge in [0.1, 0.15) is 5.82 Å². The van der Waals surface area contributed by atoms with Gasteiger partial charge in [-0.15, -0.1) is 0 Å². The fraction of sp³-hybridized carbons (Fsp3) is 0.733. The molecule has 1 saturated heterocycles. The quantitative estimate of drug-likeness (QED) is 0.829. The van der Waals surface area contributed by atoms with Crippen molar-refractivity contribution in [2.24, 2.45) is 5.41 Å². The molecule has 1 atom stereocenters. The van der Waals surface area contributed by atoms with Crippen molar-refractivity contribution in [3.05, 3.63) is 11.8 Å². The van der Waals surface area contributed by atoms with E-state index in [1.54, 1.807) is 0 Å². The molecule has 1 aromatic heterocycles. The highest BCUT2D eigenvalue weighted by Gasteiger charge is 2.22. The van der Waals surface area contributed by atoms with E-state index in [1.807, 2.05) is 6.07 Å². The molecular weight excluding hydrogens is 266 g/mol. The van der Waals surface area contributed by atoms with Crippen molar-refractivity contribution in [3.63, 3.8) is 0 Å². The van der Waals surface area contributed by atoms with E-state index >= 15 is 0 Å². The van der Waals surface area contributed by atoms with Gasteiger partial charge in [-0.25, -0.2) is 4.98 Å². The molecule has 6 nitrogen and oxygen atoms in total. The summed E-state index contributed by atoms with van der Waals surface area (Å²) in [5, 5.41) is 3.40. The number of rotatable bonds is 6. The molecule has 2 heterocycles. The number of ether oxygens (including phenoxy) is 1. The van der Waals surface area contributed by atoms with Gasteiger partial charge in [0.15, 0.2) is 0 Å². The van der Waals surface area contributed by atoms with Crippen molar-refractivity contribution in [1.82, 2.24) is 14.9 Å². The van der Waals surface area contributed by atoms with E-state index in [4.69, 9.17) is 10.5 Å². The van der Waals surface area contributed by atoms with Crippen molar-refractivity contribution in [1.29, 1.82) is 0 Å². The summed E-state index contributed by atoms with van der Waals surface area (Å²) < 4.78 is 5.42. The Morgan fingerprint density at radius 3 is 2.81 bits per heavy atom. The first-order valence-electron chi connectivity index (χ1n) is 7.46.